The molecule has 214 valence electrons. The highest BCUT2D eigenvalue weighted by Gasteiger charge is 2.27. The van der Waals surface area contributed by atoms with E-state index in [2.05, 4.69) is 10.6 Å². The van der Waals surface area contributed by atoms with Crippen LogP contribution in [0.2, 0.25) is 0 Å². The van der Waals surface area contributed by atoms with Crippen LogP contribution >= 0.6 is 0 Å². The summed E-state index contributed by atoms with van der Waals surface area (Å²) in [5.41, 5.74) is 0.792. The molecule has 2 amide bonds. The first kappa shape index (κ1) is 29.8. The minimum Gasteiger partial charge on any atom is -0.322 e. The van der Waals surface area contributed by atoms with Crippen LogP contribution < -0.4 is 10.6 Å². The van der Waals surface area contributed by atoms with Gasteiger partial charge in [0.1, 0.15) is 9.79 Å². The van der Waals surface area contributed by atoms with Crippen molar-refractivity contribution in [3.63, 3.8) is 0 Å². The molecule has 16 heteroatoms. The first-order valence-electron chi connectivity index (χ1n) is 11.3. The van der Waals surface area contributed by atoms with Crippen molar-refractivity contribution in [2.45, 2.75) is 21.6 Å². The second-order valence-electron chi connectivity index (χ2n) is 8.68. The van der Waals surface area contributed by atoms with Gasteiger partial charge in [0.15, 0.2) is 0 Å². The average Bonchev–Trinajstić information content (AvgIpc) is 2.88. The zero-order valence-corrected chi connectivity index (χ0v) is 23.2. The van der Waals surface area contributed by atoms with E-state index in [-0.39, 0.29) is 11.3 Å². The minimum atomic E-state index is -5.30. The van der Waals surface area contributed by atoms with Crippen molar-refractivity contribution in [1.82, 2.24) is 0 Å². The predicted octanol–water partition coefficient (Wildman–Crippen LogP) is 3.39. The molecule has 13 nitrogen and oxygen atoms in total. The summed E-state index contributed by atoms with van der Waals surface area (Å²) < 4.78 is 101. The Morgan fingerprint density at radius 1 is 0.610 bits per heavy atom. The number of carbonyl (C=O) groups excluding carboxylic acids is 2. The van der Waals surface area contributed by atoms with Crippen molar-refractivity contribution in [2.75, 3.05) is 10.6 Å². The molecule has 4 aromatic carbocycles. The molecule has 0 saturated heterocycles. The summed E-state index contributed by atoms with van der Waals surface area (Å²) in [7, 11) is -15.5. The van der Waals surface area contributed by atoms with Gasteiger partial charge in [-0.1, -0.05) is 24.3 Å². The maximum Gasteiger partial charge on any atom is 0.295 e. The van der Waals surface area contributed by atoms with Crippen molar-refractivity contribution in [3.8, 4) is 0 Å². The van der Waals surface area contributed by atoms with Crippen LogP contribution in [-0.2, 0) is 30.4 Å². The van der Waals surface area contributed by atoms with E-state index in [1.54, 1.807) is 37.3 Å². The number of fused-ring (bicyclic) bond motifs is 1. The Morgan fingerprint density at radius 2 is 1.20 bits per heavy atom. The highest BCUT2D eigenvalue weighted by Crippen LogP contribution is 2.37. The van der Waals surface area contributed by atoms with Crippen molar-refractivity contribution < 1.29 is 48.5 Å². The number of carbonyl (C=O) groups is 2. The molecule has 0 aliphatic rings. The summed E-state index contributed by atoms with van der Waals surface area (Å²) in [6.45, 7) is 1.68. The lowest BCUT2D eigenvalue weighted by Gasteiger charge is -2.16. The number of amides is 2. The highest BCUT2D eigenvalue weighted by molar-refractivity contribution is 7.87. The number of rotatable bonds is 7. The Morgan fingerprint density at radius 3 is 1.78 bits per heavy atom. The van der Waals surface area contributed by atoms with E-state index < -0.39 is 73.3 Å². The third kappa shape index (κ3) is 6.43. The number of hydrogen-bond donors (Lipinski definition) is 5. The summed E-state index contributed by atoms with van der Waals surface area (Å²) in [5.74, 6) is -1.33. The van der Waals surface area contributed by atoms with Crippen molar-refractivity contribution in [2.24, 2.45) is 0 Å². The molecular weight excluding hydrogens is 600 g/mol. The van der Waals surface area contributed by atoms with Gasteiger partial charge in [-0.25, -0.2) is 0 Å². The maximum atomic E-state index is 13.2. The predicted molar refractivity (Wildman–Crippen MR) is 147 cm³/mol. The molecule has 0 aliphatic carbocycles. The first-order chi connectivity index (χ1) is 19.0. The molecule has 0 aliphatic heterocycles. The van der Waals surface area contributed by atoms with Gasteiger partial charge in [0.05, 0.1) is 10.6 Å². The van der Waals surface area contributed by atoms with Crippen LogP contribution in [0.3, 0.4) is 0 Å². The van der Waals surface area contributed by atoms with E-state index in [0.717, 1.165) is 12.1 Å². The Bertz CT molecular complexity index is 2060. The Hall–Kier alpha value is -4.19. The van der Waals surface area contributed by atoms with Gasteiger partial charge in [0, 0.05) is 27.6 Å². The second kappa shape index (κ2) is 10.7. The second-order valence-corrected chi connectivity index (χ2v) is 12.9. The lowest BCUT2D eigenvalue weighted by atomic mass is 10.1. The van der Waals surface area contributed by atoms with E-state index in [1.807, 2.05) is 0 Å². The first-order valence-corrected chi connectivity index (χ1v) is 15.6. The molecule has 0 saturated carbocycles. The van der Waals surface area contributed by atoms with E-state index in [1.165, 1.54) is 18.2 Å². The zero-order valence-electron chi connectivity index (χ0n) is 20.8. The average molecular weight is 621 g/mol. The van der Waals surface area contributed by atoms with Crippen LogP contribution in [0.4, 0.5) is 11.4 Å². The molecule has 41 heavy (non-hydrogen) atoms. The summed E-state index contributed by atoms with van der Waals surface area (Å²) in [5, 5.41) is 3.63. The molecule has 0 bridgehead atoms. The maximum absolute atomic E-state index is 13.2. The fraction of sp³-hybridized carbons (Fsp3) is 0.0400. The smallest absolute Gasteiger partial charge is 0.295 e. The third-order valence-electron chi connectivity index (χ3n) is 5.90. The molecule has 0 atom stereocenters. The molecule has 5 N–H and O–H groups in total. The van der Waals surface area contributed by atoms with Gasteiger partial charge in [0.25, 0.3) is 42.2 Å². The molecule has 4 aromatic rings. The fourth-order valence-corrected chi connectivity index (χ4v) is 5.99. The number of aryl methyl sites for hydroxylation is 1. The van der Waals surface area contributed by atoms with E-state index in [0.29, 0.717) is 23.3 Å². The topological polar surface area (TPSA) is 221 Å². The molecular formula is C25H20N2O11S3. The van der Waals surface area contributed by atoms with Crippen molar-refractivity contribution in [1.29, 1.82) is 0 Å². The van der Waals surface area contributed by atoms with Crippen LogP contribution in [0.25, 0.3) is 10.8 Å². The molecule has 0 fully saturated rings. The SMILES string of the molecule is Cc1ccc(C(=O)Nc2ccc(S(=O)(=O)O)c3cc(S(=O)(=O)O)cc(S(=O)(=O)O)c23)cc1NC(=O)c1ccccc1. The lowest BCUT2D eigenvalue weighted by molar-refractivity contribution is 0.101. The molecule has 0 aromatic heterocycles. The normalized spacial score (nSPS) is 12.2. The van der Waals surface area contributed by atoms with Gasteiger partial charge in [-0.15, -0.1) is 0 Å². The van der Waals surface area contributed by atoms with Crippen LogP contribution in [0.15, 0.2) is 87.5 Å². The molecule has 0 spiro atoms. The molecule has 0 radical (unpaired) electrons. The molecule has 0 unspecified atom stereocenters. The van der Waals surface area contributed by atoms with Gasteiger partial charge < -0.3 is 10.6 Å². The molecule has 0 heterocycles. The number of anilines is 2. The van der Waals surface area contributed by atoms with E-state index in [4.69, 9.17) is 0 Å². The summed E-state index contributed by atoms with van der Waals surface area (Å²) in [4.78, 5) is 22.6. The van der Waals surface area contributed by atoms with Gasteiger partial charge in [0.2, 0.25) is 0 Å². The largest absolute Gasteiger partial charge is 0.322 e. The van der Waals surface area contributed by atoms with Crippen LogP contribution in [0.5, 0.6) is 0 Å². The van der Waals surface area contributed by atoms with Gasteiger partial charge >= 0.3 is 0 Å². The van der Waals surface area contributed by atoms with E-state index >= 15 is 0 Å². The van der Waals surface area contributed by atoms with Crippen LogP contribution in [0, 0.1) is 6.92 Å². The van der Waals surface area contributed by atoms with Crippen molar-refractivity contribution >= 4 is 64.3 Å². The van der Waals surface area contributed by atoms with Crippen LogP contribution in [-0.4, -0.2) is 50.7 Å². The minimum absolute atomic E-state index is 0.0334. The summed E-state index contributed by atoms with van der Waals surface area (Å²) >= 11 is 0. The highest BCUT2D eigenvalue weighted by atomic mass is 32.2. The summed E-state index contributed by atoms with van der Waals surface area (Å²) in [6, 6.07) is 15.1. The Balaban J connectivity index is 1.84. The van der Waals surface area contributed by atoms with Gasteiger partial charge in [-0.05, 0) is 61.0 Å². The van der Waals surface area contributed by atoms with Gasteiger partial charge in [-0.2, -0.15) is 25.3 Å². The Kier molecular flexibility index (Phi) is 7.74. The summed E-state index contributed by atoms with van der Waals surface area (Å²) in [6.07, 6.45) is 0. The third-order valence-corrected chi connectivity index (χ3v) is 8.52. The standard InChI is InChI=1S/C25H20N2O11S3/c1-14-7-8-16(11-20(14)27-24(28)15-5-3-2-4-6-15)25(29)26-19-9-10-21(40(33,34)35)18-12-17(39(30,31)32)13-22(23(18)19)41(36,37)38/h2-13H,1H3,(H,26,29)(H,27,28)(H,30,31,32)(H,33,34,35)(H,36,37,38). The zero-order chi connectivity index (χ0) is 30.3. The van der Waals surface area contributed by atoms with E-state index in [9.17, 15) is 48.5 Å². The quantitative estimate of drug-likeness (QED) is 0.188. The van der Waals surface area contributed by atoms with Crippen LogP contribution in [0.1, 0.15) is 26.3 Å². The monoisotopic (exact) mass is 620 g/mol. The fourth-order valence-electron chi connectivity index (χ4n) is 3.95. The van der Waals surface area contributed by atoms with Gasteiger partial charge in [-0.3, -0.25) is 23.2 Å². The number of benzene rings is 4. The number of hydrogen-bond acceptors (Lipinski definition) is 8. The molecule has 4 rings (SSSR count). The Labute approximate surface area is 234 Å². The van der Waals surface area contributed by atoms with Crippen molar-refractivity contribution in [3.05, 3.63) is 89.5 Å². The number of nitrogens with one attached hydrogen (secondary N) is 2. The lowest BCUT2D eigenvalue weighted by Crippen LogP contribution is -2.16.